The monoisotopic (exact) mass is 482 g/mol. The van der Waals surface area contributed by atoms with Crippen molar-refractivity contribution in [2.45, 2.75) is 47.6 Å². The molecule has 0 bridgehead atoms. The third kappa shape index (κ3) is 5.43. The summed E-state index contributed by atoms with van der Waals surface area (Å²) >= 11 is 0. The minimum atomic E-state index is 0. The molecule has 148 valence electrons. The fourth-order valence-corrected chi connectivity index (χ4v) is 3.38. The van der Waals surface area contributed by atoms with Gasteiger partial charge in [-0.2, -0.15) is 5.10 Å². The molecule has 0 spiro atoms. The van der Waals surface area contributed by atoms with Gasteiger partial charge in [-0.25, -0.2) is 14.7 Å². The Kier molecular flexibility index (Phi) is 7.25. The van der Waals surface area contributed by atoms with Gasteiger partial charge in [0.15, 0.2) is 11.8 Å². The Labute approximate surface area is 179 Å². The van der Waals surface area contributed by atoms with Gasteiger partial charge < -0.3 is 10.2 Å². The van der Waals surface area contributed by atoms with Crippen LogP contribution in [0.4, 0.5) is 0 Å². The molecule has 7 heteroatoms. The van der Waals surface area contributed by atoms with Crippen LogP contribution in [-0.2, 0) is 6.54 Å². The van der Waals surface area contributed by atoms with Gasteiger partial charge in [-0.15, -0.1) is 24.0 Å². The highest BCUT2D eigenvalue weighted by Gasteiger charge is 2.30. The van der Waals surface area contributed by atoms with Gasteiger partial charge in [-0.05, 0) is 50.3 Å². The number of aromatic nitrogens is 3. The first-order chi connectivity index (χ1) is 12.4. The molecule has 0 saturated carbocycles. The standard InChI is InChI=1S/C20H30N6.HI/c1-6-21-19(25-10-9-20(4,5)14-25)23-13-17-7-8-18(22-12-17)26-16(3)11-15(2)24-26;/h7-8,11-12H,6,9-10,13-14H2,1-5H3,(H,21,23);1H. The number of guanidine groups is 1. The Morgan fingerprint density at radius 3 is 2.59 bits per heavy atom. The van der Waals surface area contributed by atoms with E-state index in [-0.39, 0.29) is 24.0 Å². The van der Waals surface area contributed by atoms with Crippen molar-refractivity contribution >= 4 is 29.9 Å². The number of pyridine rings is 1. The summed E-state index contributed by atoms with van der Waals surface area (Å²) in [5.41, 5.74) is 3.55. The van der Waals surface area contributed by atoms with Crippen LogP contribution in [-0.4, -0.2) is 45.3 Å². The lowest BCUT2D eigenvalue weighted by Crippen LogP contribution is -2.40. The third-order valence-corrected chi connectivity index (χ3v) is 4.76. The number of halogens is 1. The van der Waals surface area contributed by atoms with Crippen LogP contribution in [0.5, 0.6) is 0 Å². The predicted octanol–water partition coefficient (Wildman–Crippen LogP) is 3.70. The molecule has 1 aliphatic heterocycles. The Hall–Kier alpha value is -1.64. The maximum Gasteiger partial charge on any atom is 0.194 e. The number of likely N-dealkylation sites (tertiary alicyclic amines) is 1. The van der Waals surface area contributed by atoms with E-state index in [4.69, 9.17) is 4.99 Å². The summed E-state index contributed by atoms with van der Waals surface area (Å²) in [5.74, 6) is 1.84. The molecule has 3 heterocycles. The number of rotatable bonds is 4. The van der Waals surface area contributed by atoms with Crippen LogP contribution in [0.25, 0.3) is 5.82 Å². The Morgan fingerprint density at radius 1 is 1.30 bits per heavy atom. The van der Waals surface area contributed by atoms with Gasteiger partial charge in [0.1, 0.15) is 0 Å². The molecule has 27 heavy (non-hydrogen) atoms. The summed E-state index contributed by atoms with van der Waals surface area (Å²) in [6.45, 7) is 14.4. The second kappa shape index (κ2) is 9.03. The largest absolute Gasteiger partial charge is 0.357 e. The van der Waals surface area contributed by atoms with Crippen LogP contribution in [0.1, 0.15) is 44.1 Å². The lowest BCUT2D eigenvalue weighted by Gasteiger charge is -2.23. The quantitative estimate of drug-likeness (QED) is 0.410. The molecule has 1 saturated heterocycles. The van der Waals surface area contributed by atoms with Crippen molar-refractivity contribution in [2.24, 2.45) is 10.4 Å². The van der Waals surface area contributed by atoms with Crippen molar-refractivity contribution in [1.29, 1.82) is 0 Å². The normalized spacial score (nSPS) is 16.3. The number of hydrogen-bond acceptors (Lipinski definition) is 3. The van der Waals surface area contributed by atoms with E-state index in [1.165, 1.54) is 6.42 Å². The molecular weight excluding hydrogens is 451 g/mol. The molecule has 0 aliphatic carbocycles. The number of hydrogen-bond donors (Lipinski definition) is 1. The van der Waals surface area contributed by atoms with Crippen molar-refractivity contribution in [3.8, 4) is 5.82 Å². The minimum absolute atomic E-state index is 0. The summed E-state index contributed by atoms with van der Waals surface area (Å²) in [7, 11) is 0. The van der Waals surface area contributed by atoms with Gasteiger partial charge in [0.25, 0.3) is 0 Å². The molecule has 0 amide bonds. The zero-order valence-corrected chi connectivity index (χ0v) is 19.3. The molecule has 6 nitrogen and oxygen atoms in total. The number of aryl methyl sites for hydroxylation is 2. The van der Waals surface area contributed by atoms with Crippen LogP contribution in [0.3, 0.4) is 0 Å². The minimum Gasteiger partial charge on any atom is -0.357 e. The highest BCUT2D eigenvalue weighted by atomic mass is 127. The van der Waals surface area contributed by atoms with Crippen LogP contribution in [0.15, 0.2) is 29.4 Å². The SMILES string of the molecule is CCNC(=NCc1ccc(-n2nc(C)cc2C)nc1)N1CCC(C)(C)C1.I. The van der Waals surface area contributed by atoms with Crippen LogP contribution >= 0.6 is 24.0 Å². The highest BCUT2D eigenvalue weighted by Crippen LogP contribution is 2.28. The van der Waals surface area contributed by atoms with E-state index in [0.717, 1.165) is 48.4 Å². The molecule has 2 aromatic heterocycles. The lowest BCUT2D eigenvalue weighted by molar-refractivity contribution is 0.370. The Bertz CT molecular complexity index is 778. The lowest BCUT2D eigenvalue weighted by atomic mass is 9.93. The molecule has 0 radical (unpaired) electrons. The first kappa shape index (κ1) is 21.7. The topological polar surface area (TPSA) is 58.3 Å². The highest BCUT2D eigenvalue weighted by molar-refractivity contribution is 14.0. The van der Waals surface area contributed by atoms with E-state index < -0.39 is 0 Å². The molecule has 1 N–H and O–H groups in total. The fraction of sp³-hybridized carbons (Fsp3) is 0.550. The first-order valence-electron chi connectivity index (χ1n) is 9.40. The maximum absolute atomic E-state index is 4.82. The molecular formula is C20H31IN6. The van der Waals surface area contributed by atoms with E-state index in [0.29, 0.717) is 12.0 Å². The smallest absolute Gasteiger partial charge is 0.194 e. The maximum atomic E-state index is 4.82. The summed E-state index contributed by atoms with van der Waals surface area (Å²) in [6, 6.07) is 6.15. The van der Waals surface area contributed by atoms with Crippen LogP contribution < -0.4 is 5.32 Å². The Balaban J connectivity index is 0.00000261. The molecule has 2 aromatic rings. The number of nitrogens with one attached hydrogen (secondary N) is 1. The van der Waals surface area contributed by atoms with E-state index in [2.05, 4.69) is 53.2 Å². The van der Waals surface area contributed by atoms with Crippen LogP contribution in [0.2, 0.25) is 0 Å². The summed E-state index contributed by atoms with van der Waals surface area (Å²) in [5, 5.41) is 7.91. The summed E-state index contributed by atoms with van der Waals surface area (Å²) in [6.07, 6.45) is 3.10. The van der Waals surface area contributed by atoms with Gasteiger partial charge >= 0.3 is 0 Å². The van der Waals surface area contributed by atoms with Gasteiger partial charge in [-0.3, -0.25) is 0 Å². The van der Waals surface area contributed by atoms with E-state index in [9.17, 15) is 0 Å². The molecule has 0 aromatic carbocycles. The molecule has 1 fully saturated rings. The van der Waals surface area contributed by atoms with Crippen molar-refractivity contribution in [1.82, 2.24) is 25.0 Å². The zero-order chi connectivity index (χ0) is 18.7. The average Bonchev–Trinajstić information content (AvgIpc) is 3.13. The van der Waals surface area contributed by atoms with Gasteiger partial charge in [0, 0.05) is 31.5 Å². The van der Waals surface area contributed by atoms with E-state index >= 15 is 0 Å². The molecule has 3 rings (SSSR count). The summed E-state index contributed by atoms with van der Waals surface area (Å²) < 4.78 is 1.87. The van der Waals surface area contributed by atoms with Gasteiger partial charge in [0.2, 0.25) is 0 Å². The molecule has 1 aliphatic rings. The molecule has 0 unspecified atom stereocenters. The van der Waals surface area contributed by atoms with Crippen molar-refractivity contribution < 1.29 is 0 Å². The molecule has 0 atom stereocenters. The van der Waals surface area contributed by atoms with Crippen molar-refractivity contribution in [2.75, 3.05) is 19.6 Å². The van der Waals surface area contributed by atoms with Crippen molar-refractivity contribution in [3.05, 3.63) is 41.3 Å². The predicted molar refractivity (Wildman–Crippen MR) is 121 cm³/mol. The number of nitrogens with zero attached hydrogens (tertiary/aromatic N) is 5. The van der Waals surface area contributed by atoms with Crippen LogP contribution in [0, 0.1) is 19.3 Å². The third-order valence-electron chi connectivity index (χ3n) is 4.76. The first-order valence-corrected chi connectivity index (χ1v) is 9.40. The van der Waals surface area contributed by atoms with Gasteiger partial charge in [-0.1, -0.05) is 19.9 Å². The second-order valence-electron chi connectivity index (χ2n) is 7.87. The van der Waals surface area contributed by atoms with Crippen molar-refractivity contribution in [3.63, 3.8) is 0 Å². The van der Waals surface area contributed by atoms with Gasteiger partial charge in [0.05, 0.1) is 12.2 Å². The Morgan fingerprint density at radius 2 is 2.07 bits per heavy atom. The number of aliphatic imine (C=N–C) groups is 1. The average molecular weight is 482 g/mol. The second-order valence-corrected chi connectivity index (χ2v) is 7.87. The summed E-state index contributed by atoms with van der Waals surface area (Å²) in [4.78, 5) is 11.8. The fourth-order valence-electron chi connectivity index (χ4n) is 3.38. The van der Waals surface area contributed by atoms with E-state index in [1.807, 2.05) is 30.8 Å². The zero-order valence-electron chi connectivity index (χ0n) is 17.0. The van der Waals surface area contributed by atoms with E-state index in [1.54, 1.807) is 0 Å².